The number of ether oxygens (including phenoxy) is 2. The Hall–Kier alpha value is -2.02. The number of para-hydroxylation sites is 1. The molecule has 0 N–H and O–H groups in total. The number of piperidine rings is 1. The Morgan fingerprint density at radius 3 is 2.79 bits per heavy atom. The van der Waals surface area contributed by atoms with Crippen LogP contribution in [0.2, 0.25) is 0 Å². The third-order valence-corrected chi connectivity index (χ3v) is 5.97. The Morgan fingerprint density at radius 1 is 1.14 bits per heavy atom. The summed E-state index contributed by atoms with van der Waals surface area (Å²) in [5.74, 6) is 0.194. The quantitative estimate of drug-likeness (QED) is 0.794. The lowest BCUT2D eigenvalue weighted by molar-refractivity contribution is -0.136. The van der Waals surface area contributed by atoms with E-state index in [1.54, 1.807) is 7.11 Å². The number of carbonyl (C=O) groups is 1. The highest BCUT2D eigenvalue weighted by molar-refractivity contribution is 5.78. The third-order valence-electron chi connectivity index (χ3n) is 5.97. The molecular formula is C22H29N3O3. The molecule has 1 amide bonds. The van der Waals surface area contributed by atoms with Crippen LogP contribution >= 0.6 is 0 Å². The van der Waals surface area contributed by atoms with E-state index in [0.29, 0.717) is 32.7 Å². The number of hydrogen-bond acceptors (Lipinski definition) is 5. The van der Waals surface area contributed by atoms with Crippen molar-refractivity contribution >= 4 is 16.8 Å². The van der Waals surface area contributed by atoms with Gasteiger partial charge in [-0.1, -0.05) is 24.3 Å². The van der Waals surface area contributed by atoms with E-state index in [9.17, 15) is 4.79 Å². The van der Waals surface area contributed by atoms with Crippen molar-refractivity contribution in [1.82, 2.24) is 14.8 Å². The average Bonchev–Trinajstić information content (AvgIpc) is 2.86. The van der Waals surface area contributed by atoms with Gasteiger partial charge in [0.1, 0.15) is 0 Å². The molecule has 2 aliphatic heterocycles. The largest absolute Gasteiger partial charge is 0.383 e. The molecule has 0 saturated carbocycles. The van der Waals surface area contributed by atoms with Crippen molar-refractivity contribution < 1.29 is 14.3 Å². The fourth-order valence-electron chi connectivity index (χ4n) is 4.24. The molecule has 2 saturated heterocycles. The summed E-state index contributed by atoms with van der Waals surface area (Å²) in [7, 11) is 1.67. The lowest BCUT2D eigenvalue weighted by Gasteiger charge is -2.40. The molecule has 1 aromatic carbocycles. The first-order chi connectivity index (χ1) is 13.7. The van der Waals surface area contributed by atoms with Gasteiger partial charge in [0.2, 0.25) is 5.91 Å². The van der Waals surface area contributed by atoms with Crippen LogP contribution < -0.4 is 0 Å². The van der Waals surface area contributed by atoms with E-state index in [-0.39, 0.29) is 11.5 Å². The van der Waals surface area contributed by atoms with Gasteiger partial charge in [-0.3, -0.25) is 14.7 Å². The molecule has 150 valence electrons. The van der Waals surface area contributed by atoms with Crippen molar-refractivity contribution in [2.45, 2.75) is 31.4 Å². The summed E-state index contributed by atoms with van der Waals surface area (Å²) in [6.07, 6.45) is 2.27. The summed E-state index contributed by atoms with van der Waals surface area (Å²) in [4.78, 5) is 21.7. The van der Waals surface area contributed by atoms with E-state index in [0.717, 1.165) is 43.7 Å². The Balaban J connectivity index is 1.35. The second-order valence-electron chi connectivity index (χ2n) is 7.85. The molecule has 6 heteroatoms. The van der Waals surface area contributed by atoms with E-state index in [1.807, 2.05) is 17.0 Å². The van der Waals surface area contributed by atoms with Gasteiger partial charge < -0.3 is 14.4 Å². The molecule has 0 unspecified atom stereocenters. The SMILES string of the molecule is COCCN1CCOC2(CCN(Cc3ccc4ccccc4n3)CC2)CC1=O. The van der Waals surface area contributed by atoms with Crippen LogP contribution in [0.3, 0.4) is 0 Å². The Morgan fingerprint density at radius 2 is 1.96 bits per heavy atom. The zero-order chi connectivity index (χ0) is 19.4. The number of rotatable bonds is 5. The van der Waals surface area contributed by atoms with Crippen molar-refractivity contribution in [2.24, 2.45) is 0 Å². The first-order valence-electron chi connectivity index (χ1n) is 10.2. The maximum Gasteiger partial charge on any atom is 0.225 e. The molecule has 6 nitrogen and oxygen atoms in total. The lowest BCUT2D eigenvalue weighted by Crippen LogP contribution is -2.47. The maximum atomic E-state index is 12.7. The molecule has 3 heterocycles. The Bertz CT molecular complexity index is 818. The van der Waals surface area contributed by atoms with E-state index in [4.69, 9.17) is 14.5 Å². The molecule has 4 rings (SSSR count). The smallest absolute Gasteiger partial charge is 0.225 e. The second kappa shape index (κ2) is 8.55. The predicted octanol–water partition coefficient (Wildman–Crippen LogP) is 2.46. The van der Waals surface area contributed by atoms with Crippen LogP contribution in [-0.4, -0.2) is 72.8 Å². The molecular weight excluding hydrogens is 354 g/mol. The van der Waals surface area contributed by atoms with Gasteiger partial charge in [0.05, 0.1) is 36.4 Å². The van der Waals surface area contributed by atoms with Crippen molar-refractivity contribution in [3.63, 3.8) is 0 Å². The third kappa shape index (κ3) is 4.35. The predicted molar refractivity (Wildman–Crippen MR) is 108 cm³/mol. The van der Waals surface area contributed by atoms with Crippen molar-refractivity contribution in [3.05, 3.63) is 42.1 Å². The molecule has 1 spiro atoms. The summed E-state index contributed by atoms with van der Waals surface area (Å²) in [6.45, 7) is 5.20. The van der Waals surface area contributed by atoms with E-state index >= 15 is 0 Å². The minimum atomic E-state index is -0.299. The lowest BCUT2D eigenvalue weighted by atomic mass is 9.87. The standard InChI is InChI=1S/C22H29N3O3/c1-27-14-12-25-13-15-28-22(16-21(25)26)8-10-24(11-9-22)17-19-7-6-18-4-2-3-5-20(18)23-19/h2-7H,8-17H2,1H3. The average molecular weight is 383 g/mol. The van der Waals surface area contributed by atoms with Gasteiger partial charge in [-0.25, -0.2) is 0 Å². The van der Waals surface area contributed by atoms with Gasteiger partial charge >= 0.3 is 0 Å². The van der Waals surface area contributed by atoms with Gasteiger partial charge in [0.15, 0.2) is 0 Å². The van der Waals surface area contributed by atoms with Gasteiger partial charge in [-0.15, -0.1) is 0 Å². The number of aromatic nitrogens is 1. The van der Waals surface area contributed by atoms with Crippen molar-refractivity contribution in [2.75, 3.05) is 46.5 Å². The van der Waals surface area contributed by atoms with Crippen LogP contribution in [0.15, 0.2) is 36.4 Å². The highest BCUT2D eigenvalue weighted by Gasteiger charge is 2.40. The number of nitrogens with zero attached hydrogens (tertiary/aromatic N) is 3. The molecule has 0 radical (unpaired) electrons. The number of hydrogen-bond donors (Lipinski definition) is 0. The number of likely N-dealkylation sites (tertiary alicyclic amines) is 1. The van der Waals surface area contributed by atoms with Crippen LogP contribution in [-0.2, 0) is 20.8 Å². The zero-order valence-electron chi connectivity index (χ0n) is 16.6. The molecule has 0 atom stereocenters. The van der Waals surface area contributed by atoms with Gasteiger partial charge in [0, 0.05) is 45.2 Å². The highest BCUT2D eigenvalue weighted by Crippen LogP contribution is 2.32. The van der Waals surface area contributed by atoms with Crippen molar-refractivity contribution in [3.8, 4) is 0 Å². The van der Waals surface area contributed by atoms with Crippen LogP contribution in [0, 0.1) is 0 Å². The van der Waals surface area contributed by atoms with Crippen LogP contribution in [0.5, 0.6) is 0 Å². The van der Waals surface area contributed by atoms with E-state index in [2.05, 4.69) is 29.2 Å². The van der Waals surface area contributed by atoms with Gasteiger partial charge in [0.25, 0.3) is 0 Å². The molecule has 2 aromatic rings. The van der Waals surface area contributed by atoms with Gasteiger partial charge in [-0.2, -0.15) is 0 Å². The maximum absolute atomic E-state index is 12.7. The summed E-state index contributed by atoms with van der Waals surface area (Å²) in [6, 6.07) is 12.5. The Kier molecular flexibility index (Phi) is 5.90. The number of pyridine rings is 1. The van der Waals surface area contributed by atoms with Crippen LogP contribution in [0.25, 0.3) is 10.9 Å². The number of methoxy groups -OCH3 is 1. The molecule has 2 fully saturated rings. The molecule has 28 heavy (non-hydrogen) atoms. The minimum absolute atomic E-state index is 0.194. The fourth-order valence-corrected chi connectivity index (χ4v) is 4.24. The normalized spacial score (nSPS) is 20.6. The topological polar surface area (TPSA) is 54.9 Å². The van der Waals surface area contributed by atoms with Crippen molar-refractivity contribution in [1.29, 1.82) is 0 Å². The van der Waals surface area contributed by atoms with E-state index in [1.165, 1.54) is 5.39 Å². The molecule has 0 bridgehead atoms. The molecule has 2 aliphatic rings. The van der Waals surface area contributed by atoms with Gasteiger partial charge in [-0.05, 0) is 25.0 Å². The summed E-state index contributed by atoms with van der Waals surface area (Å²) >= 11 is 0. The highest BCUT2D eigenvalue weighted by atomic mass is 16.5. The van der Waals surface area contributed by atoms with Crippen LogP contribution in [0.4, 0.5) is 0 Å². The summed E-state index contributed by atoms with van der Waals surface area (Å²) in [5, 5.41) is 1.17. The molecule has 1 aromatic heterocycles. The number of benzene rings is 1. The number of carbonyl (C=O) groups excluding carboxylic acids is 1. The zero-order valence-corrected chi connectivity index (χ0v) is 16.6. The first kappa shape index (κ1) is 19.3. The summed E-state index contributed by atoms with van der Waals surface area (Å²) < 4.78 is 11.3. The monoisotopic (exact) mass is 383 g/mol. The second-order valence-corrected chi connectivity index (χ2v) is 7.85. The number of amides is 1. The van der Waals surface area contributed by atoms with Crippen LogP contribution in [0.1, 0.15) is 25.0 Å². The fraction of sp³-hybridized carbons (Fsp3) is 0.545. The van der Waals surface area contributed by atoms with E-state index < -0.39 is 0 Å². The number of fused-ring (bicyclic) bond motifs is 1. The summed E-state index contributed by atoms with van der Waals surface area (Å²) in [5.41, 5.74) is 1.84. The first-order valence-corrected chi connectivity index (χ1v) is 10.2. The molecule has 0 aliphatic carbocycles. The minimum Gasteiger partial charge on any atom is -0.383 e. The Labute approximate surface area is 166 Å².